The van der Waals surface area contributed by atoms with Crippen LogP contribution in [0.3, 0.4) is 0 Å². The van der Waals surface area contributed by atoms with Crippen molar-refractivity contribution in [3.63, 3.8) is 0 Å². The molecule has 0 aliphatic heterocycles. The Morgan fingerprint density at radius 1 is 1.27 bits per heavy atom. The quantitative estimate of drug-likeness (QED) is 0.472. The third kappa shape index (κ3) is 4.48. The van der Waals surface area contributed by atoms with Crippen molar-refractivity contribution in [1.82, 2.24) is 4.90 Å². The number of amides is 2. The molecule has 0 saturated carbocycles. The number of carbonyl (C=O) groups excluding carboxylic acids is 2. The van der Waals surface area contributed by atoms with E-state index < -0.39 is 10.8 Å². The Kier molecular flexibility index (Phi) is 5.78. The maximum absolute atomic E-state index is 12.6. The molecule has 2 aromatic rings. The molecule has 2 amide bonds. The number of phenols is 1. The Morgan fingerprint density at radius 3 is 2.58 bits per heavy atom. The summed E-state index contributed by atoms with van der Waals surface area (Å²) in [6.45, 7) is 1.33. The van der Waals surface area contributed by atoms with Crippen molar-refractivity contribution in [1.29, 1.82) is 0 Å². The number of phenolic OH excluding ortho intramolecular Hbond substituents is 1. The normalized spacial score (nSPS) is 10.3. The number of nitrogens with one attached hydrogen (secondary N) is 1. The third-order valence-corrected chi connectivity index (χ3v) is 3.91. The SMILES string of the molecule is CC(=O)Nc1ccc(O)c(C(=O)N(C)Cc2cc([N+](=O)[O-])ccc2Cl)c1. The molecular formula is C17H16ClN3O5. The van der Waals surface area contributed by atoms with Crippen molar-refractivity contribution in [3.8, 4) is 5.75 Å². The number of benzene rings is 2. The van der Waals surface area contributed by atoms with E-state index in [1.54, 1.807) is 0 Å². The van der Waals surface area contributed by atoms with Crippen LogP contribution in [0, 0.1) is 10.1 Å². The van der Waals surface area contributed by atoms with Crippen molar-refractivity contribution in [2.45, 2.75) is 13.5 Å². The largest absolute Gasteiger partial charge is 0.507 e. The summed E-state index contributed by atoms with van der Waals surface area (Å²) in [5.41, 5.74) is 0.607. The summed E-state index contributed by atoms with van der Waals surface area (Å²) < 4.78 is 0. The second-order valence-electron chi connectivity index (χ2n) is 5.61. The van der Waals surface area contributed by atoms with Crippen LogP contribution in [0.4, 0.5) is 11.4 Å². The van der Waals surface area contributed by atoms with E-state index in [2.05, 4.69) is 5.32 Å². The molecule has 26 heavy (non-hydrogen) atoms. The van der Waals surface area contributed by atoms with E-state index in [0.717, 1.165) is 0 Å². The number of nitrogens with zero attached hydrogens (tertiary/aromatic N) is 2. The molecule has 0 saturated heterocycles. The van der Waals surface area contributed by atoms with E-state index in [1.807, 2.05) is 0 Å². The lowest BCUT2D eigenvalue weighted by Gasteiger charge is -2.19. The summed E-state index contributed by atoms with van der Waals surface area (Å²) in [5, 5.41) is 23.7. The highest BCUT2D eigenvalue weighted by Crippen LogP contribution is 2.26. The molecule has 0 aliphatic rings. The fourth-order valence-electron chi connectivity index (χ4n) is 2.32. The molecule has 0 heterocycles. The van der Waals surface area contributed by atoms with E-state index in [-0.39, 0.29) is 34.5 Å². The van der Waals surface area contributed by atoms with Crippen LogP contribution in [0.25, 0.3) is 0 Å². The van der Waals surface area contributed by atoms with Crippen LogP contribution < -0.4 is 5.32 Å². The minimum absolute atomic E-state index is 0.00313. The molecule has 0 bridgehead atoms. The number of non-ortho nitro benzene ring substituents is 1. The zero-order chi connectivity index (χ0) is 19.4. The average molecular weight is 378 g/mol. The van der Waals surface area contributed by atoms with E-state index in [1.165, 1.54) is 55.3 Å². The molecule has 9 heteroatoms. The van der Waals surface area contributed by atoms with Crippen LogP contribution in [-0.2, 0) is 11.3 Å². The lowest BCUT2D eigenvalue weighted by molar-refractivity contribution is -0.384. The van der Waals surface area contributed by atoms with Crippen molar-refractivity contribution in [3.05, 3.63) is 62.7 Å². The summed E-state index contributed by atoms with van der Waals surface area (Å²) in [6, 6.07) is 8.07. The Hall–Kier alpha value is -3.13. The van der Waals surface area contributed by atoms with Gasteiger partial charge in [0.2, 0.25) is 5.91 Å². The number of halogens is 1. The predicted octanol–water partition coefficient (Wildman–Crippen LogP) is 3.18. The van der Waals surface area contributed by atoms with Crippen molar-refractivity contribution in [2.24, 2.45) is 0 Å². The van der Waals surface area contributed by atoms with E-state index >= 15 is 0 Å². The van der Waals surface area contributed by atoms with Crippen molar-refractivity contribution < 1.29 is 19.6 Å². The zero-order valence-electron chi connectivity index (χ0n) is 14.0. The Labute approximate surface area is 154 Å². The van der Waals surface area contributed by atoms with Gasteiger partial charge in [0.15, 0.2) is 0 Å². The first-order chi connectivity index (χ1) is 12.2. The molecule has 0 spiro atoms. The maximum atomic E-state index is 12.6. The fraction of sp³-hybridized carbons (Fsp3) is 0.176. The Morgan fingerprint density at radius 2 is 1.96 bits per heavy atom. The summed E-state index contributed by atoms with van der Waals surface area (Å²) in [5.74, 6) is -1.09. The standard InChI is InChI=1S/C17H16ClN3O5/c1-10(22)19-12-3-6-16(23)14(8-12)17(24)20(2)9-11-7-13(21(25)26)4-5-15(11)18/h3-8,23H,9H2,1-2H3,(H,19,22). The Bertz CT molecular complexity index is 885. The molecule has 2 N–H and O–H groups in total. The number of carbonyl (C=O) groups is 2. The second kappa shape index (κ2) is 7.83. The van der Waals surface area contributed by atoms with Gasteiger partial charge < -0.3 is 15.3 Å². The summed E-state index contributed by atoms with van der Waals surface area (Å²) >= 11 is 6.05. The molecule has 2 aromatic carbocycles. The van der Waals surface area contributed by atoms with Crippen molar-refractivity contribution >= 4 is 34.8 Å². The monoisotopic (exact) mass is 377 g/mol. The maximum Gasteiger partial charge on any atom is 0.269 e. The van der Waals surface area contributed by atoms with Gasteiger partial charge in [0.05, 0.1) is 10.5 Å². The fourth-order valence-corrected chi connectivity index (χ4v) is 2.49. The molecule has 0 aliphatic carbocycles. The van der Waals surface area contributed by atoms with Gasteiger partial charge in [-0.05, 0) is 29.8 Å². The molecule has 0 unspecified atom stereocenters. The highest BCUT2D eigenvalue weighted by Gasteiger charge is 2.19. The Balaban J connectivity index is 2.26. The minimum Gasteiger partial charge on any atom is -0.507 e. The minimum atomic E-state index is -0.551. The second-order valence-corrected chi connectivity index (χ2v) is 6.01. The van der Waals surface area contributed by atoms with Gasteiger partial charge in [-0.15, -0.1) is 0 Å². The topological polar surface area (TPSA) is 113 Å². The van der Waals surface area contributed by atoms with Crippen LogP contribution in [0.15, 0.2) is 36.4 Å². The summed E-state index contributed by atoms with van der Waals surface area (Å²) in [6.07, 6.45) is 0. The number of rotatable bonds is 5. The summed E-state index contributed by atoms with van der Waals surface area (Å²) in [7, 11) is 1.47. The number of hydrogen-bond donors (Lipinski definition) is 2. The molecule has 2 rings (SSSR count). The average Bonchev–Trinajstić information content (AvgIpc) is 2.57. The van der Waals surface area contributed by atoms with Gasteiger partial charge in [0, 0.05) is 43.4 Å². The van der Waals surface area contributed by atoms with Gasteiger partial charge in [-0.1, -0.05) is 11.6 Å². The van der Waals surface area contributed by atoms with Gasteiger partial charge >= 0.3 is 0 Å². The lowest BCUT2D eigenvalue weighted by atomic mass is 10.1. The van der Waals surface area contributed by atoms with Gasteiger partial charge in [-0.2, -0.15) is 0 Å². The predicted molar refractivity (Wildman–Crippen MR) is 96.3 cm³/mol. The first kappa shape index (κ1) is 19.2. The van der Waals surface area contributed by atoms with Gasteiger partial charge in [-0.3, -0.25) is 19.7 Å². The van der Waals surface area contributed by atoms with E-state index in [4.69, 9.17) is 11.6 Å². The number of nitro benzene ring substituents is 1. The number of anilines is 1. The van der Waals surface area contributed by atoms with Crippen LogP contribution in [0.1, 0.15) is 22.8 Å². The molecular weight excluding hydrogens is 362 g/mol. The highest BCUT2D eigenvalue weighted by molar-refractivity contribution is 6.31. The van der Waals surface area contributed by atoms with Crippen molar-refractivity contribution in [2.75, 3.05) is 12.4 Å². The van der Waals surface area contributed by atoms with E-state index in [0.29, 0.717) is 11.3 Å². The summed E-state index contributed by atoms with van der Waals surface area (Å²) in [4.78, 5) is 35.4. The zero-order valence-corrected chi connectivity index (χ0v) is 14.8. The molecule has 0 radical (unpaired) electrons. The smallest absolute Gasteiger partial charge is 0.269 e. The molecule has 0 fully saturated rings. The van der Waals surface area contributed by atoms with Crippen LogP contribution in [0.2, 0.25) is 5.02 Å². The molecule has 0 atom stereocenters. The number of hydrogen-bond acceptors (Lipinski definition) is 5. The van der Waals surface area contributed by atoms with Crippen LogP contribution >= 0.6 is 11.6 Å². The van der Waals surface area contributed by atoms with Gasteiger partial charge in [-0.25, -0.2) is 0 Å². The van der Waals surface area contributed by atoms with Gasteiger partial charge in [0.1, 0.15) is 5.75 Å². The highest BCUT2D eigenvalue weighted by atomic mass is 35.5. The number of aromatic hydroxyl groups is 1. The van der Waals surface area contributed by atoms with Gasteiger partial charge in [0.25, 0.3) is 11.6 Å². The molecule has 0 aromatic heterocycles. The first-order valence-electron chi connectivity index (χ1n) is 7.48. The lowest BCUT2D eigenvalue weighted by Crippen LogP contribution is -2.26. The van der Waals surface area contributed by atoms with E-state index in [9.17, 15) is 24.8 Å². The first-order valence-corrected chi connectivity index (χ1v) is 7.85. The third-order valence-electron chi connectivity index (χ3n) is 3.54. The molecule has 136 valence electrons. The van der Waals surface area contributed by atoms with Crippen LogP contribution in [0.5, 0.6) is 5.75 Å². The van der Waals surface area contributed by atoms with Crippen LogP contribution in [-0.4, -0.2) is 33.8 Å². The molecule has 8 nitrogen and oxygen atoms in total. The number of nitro groups is 1.